The molecule has 0 unspecified atom stereocenters. The van der Waals surface area contributed by atoms with Gasteiger partial charge in [0.25, 0.3) is 0 Å². The molecule has 1 heterocycles. The molecule has 0 aliphatic carbocycles. The molecule has 4 heteroatoms. The predicted octanol–water partition coefficient (Wildman–Crippen LogP) is 4.06. The summed E-state index contributed by atoms with van der Waals surface area (Å²) in [7, 11) is 0. The highest BCUT2D eigenvalue weighted by Gasteiger charge is 2.18. The average Bonchev–Trinajstić information content (AvgIpc) is 2.59. The molecule has 0 radical (unpaired) electrons. The van der Waals surface area contributed by atoms with Crippen molar-refractivity contribution in [2.75, 3.05) is 6.61 Å². The van der Waals surface area contributed by atoms with Crippen LogP contribution in [0.5, 0.6) is 0 Å². The average molecular weight is 309 g/mol. The number of carbonyl (C=O) groups is 1. The van der Waals surface area contributed by atoms with Gasteiger partial charge in [0.05, 0.1) is 6.61 Å². The van der Waals surface area contributed by atoms with Gasteiger partial charge in [-0.15, -0.1) is 0 Å². The zero-order valence-corrected chi connectivity index (χ0v) is 13.3. The smallest absolute Gasteiger partial charge is 0.338 e. The number of carbonyl (C=O) groups excluding carboxylic acids is 1. The first-order valence-corrected chi connectivity index (χ1v) is 7.34. The minimum Gasteiger partial charge on any atom is -0.489 e. The molecule has 118 valence electrons. The number of rotatable bonds is 6. The van der Waals surface area contributed by atoms with Crippen LogP contribution in [0.4, 0.5) is 0 Å². The highest BCUT2D eigenvalue weighted by molar-refractivity contribution is 5.95. The first-order valence-electron chi connectivity index (χ1n) is 7.34. The number of hydrogen-bond donors (Lipinski definition) is 0. The molecule has 0 aliphatic rings. The Labute approximate surface area is 136 Å². The quantitative estimate of drug-likeness (QED) is 0.458. The van der Waals surface area contributed by atoms with Crippen molar-refractivity contribution in [1.82, 2.24) is 4.98 Å². The van der Waals surface area contributed by atoms with E-state index in [0.29, 0.717) is 23.7 Å². The molecule has 0 fully saturated rings. The van der Waals surface area contributed by atoms with Gasteiger partial charge in [0.2, 0.25) is 0 Å². The lowest BCUT2D eigenvalue weighted by molar-refractivity contribution is -0.132. The summed E-state index contributed by atoms with van der Waals surface area (Å²) in [5.41, 5.74) is 1.86. The molecule has 0 saturated carbocycles. The van der Waals surface area contributed by atoms with E-state index in [0.717, 1.165) is 11.1 Å². The second kappa shape index (κ2) is 7.94. The molecule has 0 N–H and O–H groups in total. The maximum Gasteiger partial charge on any atom is 0.338 e. The SMILES string of the molecule is C=C(C)C(=O)OC(=C(OCC)c1ccncc1)c1ccccc1. The molecule has 1 aromatic heterocycles. The third-order valence-corrected chi connectivity index (χ3v) is 3.02. The van der Waals surface area contributed by atoms with Crippen molar-refractivity contribution >= 4 is 17.5 Å². The number of nitrogens with zero attached hydrogens (tertiary/aromatic N) is 1. The summed E-state index contributed by atoms with van der Waals surface area (Å²) >= 11 is 0. The Morgan fingerprint density at radius 2 is 1.65 bits per heavy atom. The van der Waals surface area contributed by atoms with Gasteiger partial charge in [-0.2, -0.15) is 0 Å². The number of esters is 1. The van der Waals surface area contributed by atoms with Gasteiger partial charge in [-0.1, -0.05) is 36.9 Å². The summed E-state index contributed by atoms with van der Waals surface area (Å²) in [5, 5.41) is 0. The van der Waals surface area contributed by atoms with Crippen molar-refractivity contribution in [2.24, 2.45) is 0 Å². The zero-order valence-electron chi connectivity index (χ0n) is 13.3. The third kappa shape index (κ3) is 4.30. The second-order valence-electron chi connectivity index (χ2n) is 4.86. The van der Waals surface area contributed by atoms with Crippen LogP contribution in [0.25, 0.3) is 11.5 Å². The molecule has 0 amide bonds. The van der Waals surface area contributed by atoms with E-state index in [1.54, 1.807) is 19.3 Å². The molecular formula is C19H19NO3. The van der Waals surface area contributed by atoms with Crippen LogP contribution in [0.3, 0.4) is 0 Å². The monoisotopic (exact) mass is 309 g/mol. The summed E-state index contributed by atoms with van der Waals surface area (Å²) in [6.45, 7) is 7.56. The third-order valence-electron chi connectivity index (χ3n) is 3.02. The van der Waals surface area contributed by atoms with Crippen molar-refractivity contribution in [3.05, 3.63) is 78.1 Å². The molecule has 0 saturated heterocycles. The van der Waals surface area contributed by atoms with E-state index >= 15 is 0 Å². The summed E-state index contributed by atoms with van der Waals surface area (Å²) in [5.74, 6) is 0.373. The first-order chi connectivity index (χ1) is 11.1. The normalized spacial score (nSPS) is 11.4. The Morgan fingerprint density at radius 3 is 2.22 bits per heavy atom. The Balaban J connectivity index is 2.59. The molecule has 2 aromatic rings. The van der Waals surface area contributed by atoms with Crippen molar-refractivity contribution < 1.29 is 14.3 Å². The number of benzene rings is 1. The van der Waals surface area contributed by atoms with Crippen LogP contribution in [0.15, 0.2) is 67.0 Å². The van der Waals surface area contributed by atoms with Gasteiger partial charge < -0.3 is 9.47 Å². The molecule has 23 heavy (non-hydrogen) atoms. The zero-order chi connectivity index (χ0) is 16.7. The lowest BCUT2D eigenvalue weighted by Gasteiger charge is -2.16. The van der Waals surface area contributed by atoms with Crippen LogP contribution in [0, 0.1) is 0 Å². The van der Waals surface area contributed by atoms with E-state index in [9.17, 15) is 4.79 Å². The number of ether oxygens (including phenoxy) is 2. The van der Waals surface area contributed by atoms with Gasteiger partial charge in [0.1, 0.15) is 0 Å². The van der Waals surface area contributed by atoms with E-state index in [4.69, 9.17) is 9.47 Å². The topological polar surface area (TPSA) is 48.4 Å². The predicted molar refractivity (Wildman–Crippen MR) is 90.0 cm³/mol. The second-order valence-corrected chi connectivity index (χ2v) is 4.86. The minimum absolute atomic E-state index is 0.323. The van der Waals surface area contributed by atoms with Gasteiger partial charge in [-0.05, 0) is 26.0 Å². The van der Waals surface area contributed by atoms with E-state index in [2.05, 4.69) is 11.6 Å². The molecule has 0 atom stereocenters. The summed E-state index contributed by atoms with van der Waals surface area (Å²) in [6, 6.07) is 13.0. The Bertz CT molecular complexity index is 706. The van der Waals surface area contributed by atoms with Gasteiger partial charge in [0.15, 0.2) is 11.5 Å². The van der Waals surface area contributed by atoms with E-state index < -0.39 is 5.97 Å². The number of hydrogen-bond acceptors (Lipinski definition) is 4. The van der Waals surface area contributed by atoms with E-state index in [1.807, 2.05) is 49.4 Å². The Hall–Kier alpha value is -2.88. The van der Waals surface area contributed by atoms with Crippen molar-refractivity contribution in [3.8, 4) is 0 Å². The summed E-state index contributed by atoms with van der Waals surface area (Å²) < 4.78 is 11.3. The van der Waals surface area contributed by atoms with Crippen LogP contribution < -0.4 is 0 Å². The summed E-state index contributed by atoms with van der Waals surface area (Å²) in [6.07, 6.45) is 3.33. The Morgan fingerprint density at radius 1 is 1.04 bits per heavy atom. The van der Waals surface area contributed by atoms with E-state index in [-0.39, 0.29) is 0 Å². The van der Waals surface area contributed by atoms with Crippen molar-refractivity contribution in [3.63, 3.8) is 0 Å². The van der Waals surface area contributed by atoms with E-state index in [1.165, 1.54) is 0 Å². The molecule has 0 aliphatic heterocycles. The van der Waals surface area contributed by atoms with Gasteiger partial charge in [-0.25, -0.2) is 4.79 Å². The van der Waals surface area contributed by atoms with Gasteiger partial charge in [0, 0.05) is 29.1 Å². The summed E-state index contributed by atoms with van der Waals surface area (Å²) in [4.78, 5) is 16.1. The maximum atomic E-state index is 12.0. The Kier molecular flexibility index (Phi) is 5.69. The number of pyridine rings is 1. The molecular weight excluding hydrogens is 290 g/mol. The largest absolute Gasteiger partial charge is 0.489 e. The van der Waals surface area contributed by atoms with Crippen LogP contribution in [0.1, 0.15) is 25.0 Å². The molecule has 4 nitrogen and oxygen atoms in total. The van der Waals surface area contributed by atoms with Crippen LogP contribution in [-0.4, -0.2) is 17.6 Å². The standard InChI is InChI=1S/C19H19NO3/c1-4-22-17(16-10-12-20-13-11-16)18(23-19(21)14(2)3)15-8-6-5-7-9-15/h5-13H,2,4H2,1,3H3. The van der Waals surface area contributed by atoms with Crippen LogP contribution in [-0.2, 0) is 14.3 Å². The fourth-order valence-corrected chi connectivity index (χ4v) is 1.93. The number of aromatic nitrogens is 1. The van der Waals surface area contributed by atoms with Crippen molar-refractivity contribution in [1.29, 1.82) is 0 Å². The molecule has 0 bridgehead atoms. The van der Waals surface area contributed by atoms with Gasteiger partial charge in [-0.3, -0.25) is 4.98 Å². The molecule has 0 spiro atoms. The molecule has 1 aromatic carbocycles. The highest BCUT2D eigenvalue weighted by atomic mass is 16.6. The lowest BCUT2D eigenvalue weighted by Crippen LogP contribution is -2.08. The maximum absolute atomic E-state index is 12.0. The lowest BCUT2D eigenvalue weighted by atomic mass is 10.1. The fraction of sp³-hybridized carbons (Fsp3) is 0.158. The van der Waals surface area contributed by atoms with Crippen molar-refractivity contribution in [2.45, 2.75) is 13.8 Å². The van der Waals surface area contributed by atoms with Gasteiger partial charge >= 0.3 is 5.97 Å². The fourth-order valence-electron chi connectivity index (χ4n) is 1.93. The van der Waals surface area contributed by atoms with Crippen LogP contribution in [0.2, 0.25) is 0 Å². The minimum atomic E-state index is -0.491. The molecule has 2 rings (SSSR count). The van der Waals surface area contributed by atoms with Crippen LogP contribution >= 0.6 is 0 Å². The highest BCUT2D eigenvalue weighted by Crippen LogP contribution is 2.29. The first kappa shape index (κ1) is 16.5.